The minimum Gasteiger partial charge on any atom is -0.364 e. The molecule has 0 aliphatic rings. The molecule has 0 spiro atoms. The van der Waals surface area contributed by atoms with Crippen molar-refractivity contribution in [3.8, 4) is 0 Å². The van der Waals surface area contributed by atoms with Crippen molar-refractivity contribution in [2.45, 2.75) is 40.2 Å². The van der Waals surface area contributed by atoms with Crippen LogP contribution < -0.4 is 5.32 Å². The van der Waals surface area contributed by atoms with Gasteiger partial charge in [0.15, 0.2) is 0 Å². The summed E-state index contributed by atoms with van der Waals surface area (Å²) in [6.45, 7) is 8.44. The third kappa shape index (κ3) is 3.94. The Morgan fingerprint density at radius 1 is 1.29 bits per heavy atom. The summed E-state index contributed by atoms with van der Waals surface area (Å²) in [6.07, 6.45) is 1.71. The van der Waals surface area contributed by atoms with Gasteiger partial charge >= 0.3 is 0 Å². The van der Waals surface area contributed by atoms with Gasteiger partial charge in [-0.15, -0.1) is 0 Å². The molecule has 1 atom stereocenters. The summed E-state index contributed by atoms with van der Waals surface area (Å²) in [7, 11) is 0. The van der Waals surface area contributed by atoms with Crippen molar-refractivity contribution >= 4 is 5.91 Å². The van der Waals surface area contributed by atoms with E-state index in [-0.39, 0.29) is 23.8 Å². The van der Waals surface area contributed by atoms with Crippen molar-refractivity contribution < 1.29 is 9.32 Å². The van der Waals surface area contributed by atoms with E-state index in [4.69, 9.17) is 4.52 Å². The zero-order valence-electron chi connectivity index (χ0n) is 13.0. The highest BCUT2D eigenvalue weighted by Gasteiger charge is 2.28. The molecule has 0 saturated carbocycles. The van der Waals surface area contributed by atoms with Crippen LogP contribution in [-0.4, -0.2) is 11.1 Å². The third-order valence-corrected chi connectivity index (χ3v) is 3.50. The van der Waals surface area contributed by atoms with Crippen LogP contribution in [0.5, 0.6) is 0 Å². The predicted octanol–water partition coefficient (Wildman–Crippen LogP) is 3.43. The normalized spacial score (nSPS) is 13.0. The fraction of sp³-hybridized carbons (Fsp3) is 0.412. The molecular weight excluding hydrogens is 264 g/mol. The van der Waals surface area contributed by atoms with Crippen molar-refractivity contribution in [2.75, 3.05) is 0 Å². The monoisotopic (exact) mass is 286 g/mol. The number of aromatic nitrogens is 1. The maximum Gasteiger partial charge on any atom is 0.226 e. The van der Waals surface area contributed by atoms with Crippen LogP contribution in [0.2, 0.25) is 0 Å². The third-order valence-electron chi connectivity index (χ3n) is 3.50. The minimum absolute atomic E-state index is 0.0434. The van der Waals surface area contributed by atoms with Crippen LogP contribution in [0.15, 0.2) is 41.1 Å². The van der Waals surface area contributed by atoms with Gasteiger partial charge in [0.25, 0.3) is 0 Å². The topological polar surface area (TPSA) is 55.1 Å². The first-order chi connectivity index (χ1) is 9.88. The number of rotatable bonds is 4. The first-order valence-corrected chi connectivity index (χ1v) is 7.12. The molecule has 1 N–H and O–H groups in total. The summed E-state index contributed by atoms with van der Waals surface area (Å²) < 4.78 is 4.76. The van der Waals surface area contributed by atoms with Crippen LogP contribution in [0.1, 0.15) is 43.6 Å². The van der Waals surface area contributed by atoms with Crippen molar-refractivity contribution in [2.24, 2.45) is 5.41 Å². The average molecular weight is 286 g/mol. The Hall–Kier alpha value is -2.10. The lowest BCUT2D eigenvalue weighted by atomic mass is 9.80. The number of nitrogens with zero attached hydrogens (tertiary/aromatic N) is 1. The highest BCUT2D eigenvalue weighted by molar-refractivity contribution is 5.78. The highest BCUT2D eigenvalue weighted by Crippen LogP contribution is 2.34. The zero-order valence-corrected chi connectivity index (χ0v) is 13.0. The van der Waals surface area contributed by atoms with Gasteiger partial charge in [-0.25, -0.2) is 0 Å². The van der Waals surface area contributed by atoms with Crippen LogP contribution in [-0.2, 0) is 11.2 Å². The average Bonchev–Trinajstić information content (AvgIpc) is 2.88. The summed E-state index contributed by atoms with van der Waals surface area (Å²) >= 11 is 0. The maximum atomic E-state index is 12.3. The molecular formula is C17H22N2O2. The Kier molecular flexibility index (Phi) is 4.46. The molecule has 0 bridgehead atoms. The molecule has 0 saturated heterocycles. The quantitative estimate of drug-likeness (QED) is 0.936. The SMILES string of the molecule is Cc1ccccc1[C@H](NC(=O)Cc1ccon1)C(C)(C)C. The highest BCUT2D eigenvalue weighted by atomic mass is 16.5. The molecule has 0 fully saturated rings. The molecule has 1 aromatic heterocycles. The Balaban J connectivity index is 2.18. The fourth-order valence-corrected chi connectivity index (χ4v) is 2.38. The van der Waals surface area contributed by atoms with Gasteiger partial charge in [-0.3, -0.25) is 4.79 Å². The summed E-state index contributed by atoms with van der Waals surface area (Å²) in [5.74, 6) is -0.0490. The van der Waals surface area contributed by atoms with Crippen LogP contribution in [0.25, 0.3) is 0 Å². The molecule has 2 rings (SSSR count). The van der Waals surface area contributed by atoms with Crippen molar-refractivity contribution in [3.05, 3.63) is 53.4 Å². The number of carbonyl (C=O) groups is 1. The standard InChI is InChI=1S/C17H22N2O2/c1-12-7-5-6-8-14(12)16(17(2,3)4)18-15(20)11-13-9-10-21-19-13/h5-10,16H,11H2,1-4H3,(H,18,20)/t16-/m0/s1. The van der Waals surface area contributed by atoms with E-state index in [1.54, 1.807) is 6.07 Å². The van der Waals surface area contributed by atoms with Gasteiger partial charge in [-0.2, -0.15) is 0 Å². The molecule has 1 amide bonds. The van der Waals surface area contributed by atoms with Crippen LogP contribution in [0.4, 0.5) is 0 Å². The van der Waals surface area contributed by atoms with E-state index in [0.29, 0.717) is 5.69 Å². The minimum atomic E-state index is -0.0778. The Morgan fingerprint density at radius 3 is 2.57 bits per heavy atom. The van der Waals surface area contributed by atoms with Gasteiger partial charge in [-0.1, -0.05) is 50.2 Å². The molecule has 0 aliphatic heterocycles. The van der Waals surface area contributed by atoms with Gasteiger partial charge in [0.2, 0.25) is 5.91 Å². The first-order valence-electron chi connectivity index (χ1n) is 7.12. The van der Waals surface area contributed by atoms with E-state index in [0.717, 1.165) is 5.56 Å². The molecule has 21 heavy (non-hydrogen) atoms. The number of carbonyl (C=O) groups excluding carboxylic acids is 1. The van der Waals surface area contributed by atoms with Gasteiger partial charge in [0.1, 0.15) is 6.26 Å². The second kappa shape index (κ2) is 6.12. The molecule has 1 aromatic carbocycles. The lowest BCUT2D eigenvalue weighted by Gasteiger charge is -2.33. The van der Waals surface area contributed by atoms with Crippen LogP contribution in [0.3, 0.4) is 0 Å². The molecule has 2 aromatic rings. The summed E-state index contributed by atoms with van der Waals surface area (Å²) in [5.41, 5.74) is 2.90. The number of hydrogen-bond donors (Lipinski definition) is 1. The molecule has 0 radical (unpaired) electrons. The van der Waals surface area contributed by atoms with Crippen molar-refractivity contribution in [1.82, 2.24) is 10.5 Å². The Morgan fingerprint density at radius 2 is 2.00 bits per heavy atom. The summed E-state index contributed by atoms with van der Waals surface area (Å²) in [6, 6.07) is 9.82. The Labute approximate surface area is 125 Å². The van der Waals surface area contributed by atoms with Gasteiger partial charge in [-0.05, 0) is 23.5 Å². The van der Waals surface area contributed by atoms with E-state index in [9.17, 15) is 4.79 Å². The summed E-state index contributed by atoms with van der Waals surface area (Å²) in [4.78, 5) is 12.3. The number of nitrogens with one attached hydrogen (secondary N) is 1. The molecule has 4 heteroatoms. The lowest BCUT2D eigenvalue weighted by Crippen LogP contribution is -2.37. The molecule has 0 aliphatic carbocycles. The number of aryl methyl sites for hydroxylation is 1. The molecule has 1 heterocycles. The second-order valence-corrected chi connectivity index (χ2v) is 6.39. The second-order valence-electron chi connectivity index (χ2n) is 6.39. The van der Waals surface area contributed by atoms with Gasteiger partial charge in [0, 0.05) is 6.07 Å². The lowest BCUT2D eigenvalue weighted by molar-refractivity contribution is -0.122. The van der Waals surface area contributed by atoms with E-state index in [2.05, 4.69) is 50.3 Å². The van der Waals surface area contributed by atoms with Crippen molar-refractivity contribution in [1.29, 1.82) is 0 Å². The zero-order chi connectivity index (χ0) is 15.5. The van der Waals surface area contributed by atoms with Gasteiger partial charge in [0.05, 0.1) is 18.2 Å². The number of amides is 1. The first kappa shape index (κ1) is 15.3. The van der Waals surface area contributed by atoms with Crippen LogP contribution >= 0.6 is 0 Å². The molecule has 0 unspecified atom stereocenters. The predicted molar refractivity (Wildman–Crippen MR) is 81.7 cm³/mol. The van der Waals surface area contributed by atoms with Crippen molar-refractivity contribution in [3.63, 3.8) is 0 Å². The molecule has 4 nitrogen and oxygen atoms in total. The smallest absolute Gasteiger partial charge is 0.226 e. The maximum absolute atomic E-state index is 12.3. The van der Waals surface area contributed by atoms with E-state index < -0.39 is 0 Å². The fourth-order valence-electron chi connectivity index (χ4n) is 2.38. The van der Waals surface area contributed by atoms with E-state index in [1.165, 1.54) is 11.8 Å². The van der Waals surface area contributed by atoms with Gasteiger partial charge < -0.3 is 9.84 Å². The molecule has 112 valence electrons. The largest absolute Gasteiger partial charge is 0.364 e. The van der Waals surface area contributed by atoms with Crippen LogP contribution in [0, 0.1) is 12.3 Å². The number of hydrogen-bond acceptors (Lipinski definition) is 3. The number of benzene rings is 1. The Bertz CT molecular complexity index is 598. The van der Waals surface area contributed by atoms with E-state index >= 15 is 0 Å². The summed E-state index contributed by atoms with van der Waals surface area (Å²) in [5, 5.41) is 6.91. The van der Waals surface area contributed by atoms with E-state index in [1.807, 2.05) is 12.1 Å².